The van der Waals surface area contributed by atoms with Crippen LogP contribution in [0.25, 0.3) is 0 Å². The highest BCUT2D eigenvalue weighted by molar-refractivity contribution is 5.83. The van der Waals surface area contributed by atoms with Crippen LogP contribution in [0.5, 0.6) is 0 Å². The van der Waals surface area contributed by atoms with E-state index in [9.17, 15) is 9.59 Å². The molecule has 120 valence electrons. The third-order valence-corrected chi connectivity index (χ3v) is 4.25. The molecule has 0 bridgehead atoms. The summed E-state index contributed by atoms with van der Waals surface area (Å²) in [6.07, 6.45) is 4.05. The summed E-state index contributed by atoms with van der Waals surface area (Å²) in [6.45, 7) is 8.50. The lowest BCUT2D eigenvalue weighted by molar-refractivity contribution is -0.142. The second-order valence-electron chi connectivity index (χ2n) is 7.22. The third kappa shape index (κ3) is 4.43. The van der Waals surface area contributed by atoms with Crippen LogP contribution in [0.15, 0.2) is 0 Å². The molecule has 0 spiro atoms. The van der Waals surface area contributed by atoms with Crippen molar-refractivity contribution in [3.8, 4) is 0 Å². The van der Waals surface area contributed by atoms with Crippen LogP contribution in [0.4, 0.5) is 0 Å². The summed E-state index contributed by atoms with van der Waals surface area (Å²) in [4.78, 5) is 26.4. The van der Waals surface area contributed by atoms with Crippen LogP contribution in [0, 0.1) is 11.3 Å². The molecule has 2 atom stereocenters. The van der Waals surface area contributed by atoms with Crippen LogP contribution in [-0.4, -0.2) is 49.1 Å². The number of likely N-dealkylation sites (tertiary alicyclic amines) is 1. The summed E-state index contributed by atoms with van der Waals surface area (Å²) < 4.78 is 5.52. The monoisotopic (exact) mass is 296 g/mol. The Bertz CT molecular complexity index is 383. The molecule has 2 amide bonds. The van der Waals surface area contributed by atoms with Gasteiger partial charge >= 0.3 is 0 Å². The Morgan fingerprint density at radius 1 is 1.24 bits per heavy atom. The van der Waals surface area contributed by atoms with Gasteiger partial charge in [0.2, 0.25) is 11.8 Å². The van der Waals surface area contributed by atoms with Gasteiger partial charge in [0.1, 0.15) is 0 Å². The van der Waals surface area contributed by atoms with Gasteiger partial charge in [-0.25, -0.2) is 0 Å². The molecule has 5 nitrogen and oxygen atoms in total. The standard InChI is InChI=1S/C16H28N2O3/c1-16(2,3)15(20)18-8-4-6-12(11-18)14(19)17-10-13-7-5-9-21-13/h12-13H,4-11H2,1-3H3,(H,17,19)/t12-,13+/m0/s1. The molecule has 2 heterocycles. The number of rotatable bonds is 3. The number of nitrogens with zero attached hydrogens (tertiary/aromatic N) is 1. The maximum atomic E-state index is 12.3. The maximum absolute atomic E-state index is 12.3. The number of carbonyl (C=O) groups is 2. The summed E-state index contributed by atoms with van der Waals surface area (Å²) in [6, 6.07) is 0. The van der Waals surface area contributed by atoms with Gasteiger partial charge in [-0.1, -0.05) is 20.8 Å². The fourth-order valence-corrected chi connectivity index (χ4v) is 3.01. The fraction of sp³-hybridized carbons (Fsp3) is 0.875. The Morgan fingerprint density at radius 3 is 2.62 bits per heavy atom. The van der Waals surface area contributed by atoms with E-state index in [-0.39, 0.29) is 29.3 Å². The molecule has 0 aromatic rings. The number of amides is 2. The topological polar surface area (TPSA) is 58.6 Å². The minimum atomic E-state index is -0.379. The van der Waals surface area contributed by atoms with Crippen LogP contribution in [0.1, 0.15) is 46.5 Å². The Morgan fingerprint density at radius 2 is 2.00 bits per heavy atom. The number of piperidine rings is 1. The van der Waals surface area contributed by atoms with Gasteiger partial charge in [0.25, 0.3) is 0 Å². The lowest BCUT2D eigenvalue weighted by Crippen LogP contribution is -2.49. The Kier molecular flexibility index (Phi) is 5.25. The minimum absolute atomic E-state index is 0.0666. The fourth-order valence-electron chi connectivity index (χ4n) is 3.01. The van der Waals surface area contributed by atoms with E-state index >= 15 is 0 Å². The van der Waals surface area contributed by atoms with Gasteiger partial charge in [0.15, 0.2) is 0 Å². The van der Waals surface area contributed by atoms with Gasteiger partial charge in [-0.3, -0.25) is 9.59 Å². The molecule has 2 saturated heterocycles. The lowest BCUT2D eigenvalue weighted by atomic mass is 9.91. The van der Waals surface area contributed by atoms with Gasteiger partial charge in [-0.15, -0.1) is 0 Å². The van der Waals surface area contributed by atoms with Crippen LogP contribution >= 0.6 is 0 Å². The van der Waals surface area contributed by atoms with E-state index in [2.05, 4.69) is 5.32 Å². The van der Waals surface area contributed by atoms with Crippen molar-refractivity contribution >= 4 is 11.8 Å². The second-order valence-corrected chi connectivity index (χ2v) is 7.22. The van der Waals surface area contributed by atoms with Crippen molar-refractivity contribution in [3.05, 3.63) is 0 Å². The first-order valence-electron chi connectivity index (χ1n) is 8.06. The molecule has 0 aromatic carbocycles. The molecule has 2 aliphatic rings. The van der Waals surface area contributed by atoms with E-state index in [1.165, 1.54) is 0 Å². The summed E-state index contributed by atoms with van der Waals surface area (Å²) in [5, 5.41) is 2.99. The number of nitrogens with one attached hydrogen (secondary N) is 1. The highest BCUT2D eigenvalue weighted by Gasteiger charge is 2.33. The smallest absolute Gasteiger partial charge is 0.227 e. The molecule has 21 heavy (non-hydrogen) atoms. The van der Waals surface area contributed by atoms with Crippen molar-refractivity contribution < 1.29 is 14.3 Å². The Labute approximate surface area is 127 Å². The molecule has 5 heteroatoms. The zero-order chi connectivity index (χ0) is 15.5. The minimum Gasteiger partial charge on any atom is -0.376 e. The normalized spacial score (nSPS) is 26.7. The molecule has 0 radical (unpaired) electrons. The number of carbonyl (C=O) groups excluding carboxylic acids is 2. The molecular formula is C16H28N2O3. The van der Waals surface area contributed by atoms with Crippen molar-refractivity contribution in [3.63, 3.8) is 0 Å². The van der Waals surface area contributed by atoms with Crippen molar-refractivity contribution in [1.29, 1.82) is 0 Å². The first-order chi connectivity index (χ1) is 9.88. The highest BCUT2D eigenvalue weighted by Crippen LogP contribution is 2.23. The van der Waals surface area contributed by atoms with Gasteiger partial charge in [0.05, 0.1) is 12.0 Å². The molecule has 0 unspecified atom stereocenters. The first-order valence-corrected chi connectivity index (χ1v) is 8.06. The molecule has 0 aliphatic carbocycles. The average Bonchev–Trinajstić information content (AvgIpc) is 2.96. The zero-order valence-corrected chi connectivity index (χ0v) is 13.5. The van der Waals surface area contributed by atoms with Crippen molar-refractivity contribution in [2.45, 2.75) is 52.6 Å². The molecule has 0 saturated carbocycles. The van der Waals surface area contributed by atoms with Gasteiger partial charge < -0.3 is 15.0 Å². The predicted octanol–water partition coefficient (Wildman–Crippen LogP) is 1.57. The highest BCUT2D eigenvalue weighted by atomic mass is 16.5. The van der Waals surface area contributed by atoms with E-state index in [1.807, 2.05) is 25.7 Å². The van der Waals surface area contributed by atoms with Crippen LogP contribution in [-0.2, 0) is 14.3 Å². The Hall–Kier alpha value is -1.10. The molecule has 0 aromatic heterocycles. The molecular weight excluding hydrogens is 268 g/mol. The third-order valence-electron chi connectivity index (χ3n) is 4.25. The predicted molar refractivity (Wildman–Crippen MR) is 80.7 cm³/mol. The van der Waals surface area contributed by atoms with Gasteiger partial charge in [0, 0.05) is 31.7 Å². The molecule has 2 rings (SSSR count). The summed E-state index contributed by atoms with van der Waals surface area (Å²) in [5.74, 6) is 0.127. The van der Waals surface area contributed by atoms with Crippen molar-refractivity contribution in [1.82, 2.24) is 10.2 Å². The summed E-state index contributed by atoms with van der Waals surface area (Å²) in [5.41, 5.74) is -0.379. The molecule has 2 aliphatic heterocycles. The van der Waals surface area contributed by atoms with Gasteiger partial charge in [-0.2, -0.15) is 0 Å². The van der Waals surface area contributed by atoms with E-state index in [4.69, 9.17) is 4.74 Å². The molecule has 2 fully saturated rings. The van der Waals surface area contributed by atoms with Crippen molar-refractivity contribution in [2.75, 3.05) is 26.2 Å². The first kappa shape index (κ1) is 16.3. The largest absolute Gasteiger partial charge is 0.376 e. The zero-order valence-electron chi connectivity index (χ0n) is 13.5. The average molecular weight is 296 g/mol. The number of hydrogen-bond acceptors (Lipinski definition) is 3. The van der Waals surface area contributed by atoms with E-state index in [0.717, 1.165) is 38.8 Å². The van der Waals surface area contributed by atoms with Crippen LogP contribution in [0.2, 0.25) is 0 Å². The quantitative estimate of drug-likeness (QED) is 0.860. The molecule has 1 N–H and O–H groups in total. The van der Waals surface area contributed by atoms with Crippen LogP contribution in [0.3, 0.4) is 0 Å². The maximum Gasteiger partial charge on any atom is 0.227 e. The van der Waals surface area contributed by atoms with E-state index < -0.39 is 0 Å². The SMILES string of the molecule is CC(C)(C)C(=O)N1CCC[C@H](C(=O)NC[C@H]2CCCO2)C1. The Balaban J connectivity index is 1.82. The van der Waals surface area contributed by atoms with E-state index in [1.54, 1.807) is 0 Å². The summed E-state index contributed by atoms with van der Waals surface area (Å²) in [7, 11) is 0. The number of hydrogen-bond donors (Lipinski definition) is 1. The van der Waals surface area contributed by atoms with Crippen LogP contribution < -0.4 is 5.32 Å². The lowest BCUT2D eigenvalue weighted by Gasteiger charge is -2.36. The van der Waals surface area contributed by atoms with Crippen molar-refractivity contribution in [2.24, 2.45) is 11.3 Å². The van der Waals surface area contributed by atoms with Gasteiger partial charge in [-0.05, 0) is 25.7 Å². The summed E-state index contributed by atoms with van der Waals surface area (Å²) >= 11 is 0. The number of ether oxygens (including phenoxy) is 1. The van der Waals surface area contributed by atoms with E-state index in [0.29, 0.717) is 13.1 Å². The second kappa shape index (κ2) is 6.77.